The van der Waals surface area contributed by atoms with E-state index >= 15 is 0 Å². The Morgan fingerprint density at radius 1 is 1.24 bits per heavy atom. The van der Waals surface area contributed by atoms with Gasteiger partial charge in [-0.25, -0.2) is 13.1 Å². The summed E-state index contributed by atoms with van der Waals surface area (Å²) < 4.78 is 29.0. The summed E-state index contributed by atoms with van der Waals surface area (Å²) in [6.45, 7) is 0.838. The van der Waals surface area contributed by atoms with Gasteiger partial charge in [-0.2, -0.15) is 5.10 Å². The van der Waals surface area contributed by atoms with Gasteiger partial charge in [0.15, 0.2) is 0 Å². The maximum atomic E-state index is 12.4. The second-order valence-electron chi connectivity index (χ2n) is 4.77. The van der Waals surface area contributed by atoms with Gasteiger partial charge >= 0.3 is 0 Å². The molecule has 0 aliphatic carbocycles. The summed E-state index contributed by atoms with van der Waals surface area (Å²) in [6.07, 6.45) is 2.40. The highest BCUT2D eigenvalue weighted by molar-refractivity contribution is 7.89. The molecule has 2 rings (SSSR count). The van der Waals surface area contributed by atoms with Gasteiger partial charge in [0.25, 0.3) is 0 Å². The molecular weight excluding hydrogens is 288 g/mol. The van der Waals surface area contributed by atoms with Crippen molar-refractivity contribution in [2.24, 2.45) is 7.05 Å². The molecule has 0 aliphatic rings. The van der Waals surface area contributed by atoms with Crippen LogP contribution in [0.1, 0.15) is 11.3 Å². The lowest BCUT2D eigenvalue weighted by molar-refractivity contribution is 0.579. The molecule has 0 fully saturated rings. The summed E-state index contributed by atoms with van der Waals surface area (Å²) in [6, 6.07) is 8.87. The van der Waals surface area contributed by atoms with E-state index in [1.54, 1.807) is 23.9 Å². The van der Waals surface area contributed by atoms with Crippen molar-refractivity contribution in [2.75, 3.05) is 13.6 Å². The minimum absolute atomic E-state index is 0.320. The molecule has 1 aromatic carbocycles. The third-order valence-corrected chi connectivity index (χ3v) is 4.63. The van der Waals surface area contributed by atoms with E-state index in [4.69, 9.17) is 0 Å². The van der Waals surface area contributed by atoms with Crippen LogP contribution in [0, 0.1) is 0 Å². The van der Waals surface area contributed by atoms with Crippen LogP contribution in [0.2, 0.25) is 0 Å². The maximum absolute atomic E-state index is 12.4. The molecule has 6 nitrogen and oxygen atoms in total. The quantitative estimate of drug-likeness (QED) is 0.788. The Morgan fingerprint density at radius 3 is 2.67 bits per heavy atom. The molecule has 0 aliphatic heterocycles. The minimum atomic E-state index is -3.50. The lowest BCUT2D eigenvalue weighted by atomic mass is 10.2. The molecule has 0 amide bonds. The fourth-order valence-corrected chi connectivity index (χ4v) is 3.36. The molecule has 0 spiro atoms. The zero-order valence-electron chi connectivity index (χ0n) is 12.2. The predicted molar refractivity (Wildman–Crippen MR) is 81.3 cm³/mol. The number of hydrogen-bond donors (Lipinski definition) is 2. The van der Waals surface area contributed by atoms with E-state index in [1.807, 2.05) is 31.4 Å². The fraction of sp³-hybridized carbons (Fsp3) is 0.357. The Hall–Kier alpha value is -1.70. The first-order valence-corrected chi connectivity index (χ1v) is 8.22. The molecule has 21 heavy (non-hydrogen) atoms. The SMILES string of the molecule is CNCc1ccccc1S(=O)(=O)NCCc1ccn(C)n1. The zero-order chi connectivity index (χ0) is 15.3. The summed E-state index contributed by atoms with van der Waals surface area (Å²) >= 11 is 0. The van der Waals surface area contributed by atoms with Gasteiger partial charge in [0, 0.05) is 32.8 Å². The molecule has 0 bridgehead atoms. The average Bonchev–Trinajstić information content (AvgIpc) is 2.85. The van der Waals surface area contributed by atoms with Gasteiger partial charge in [0.05, 0.1) is 10.6 Å². The number of nitrogens with one attached hydrogen (secondary N) is 2. The monoisotopic (exact) mass is 308 g/mol. The summed E-state index contributed by atoms with van der Waals surface area (Å²) in [5.41, 5.74) is 1.62. The summed E-state index contributed by atoms with van der Waals surface area (Å²) in [4.78, 5) is 0.320. The van der Waals surface area contributed by atoms with Gasteiger partial charge in [-0.1, -0.05) is 18.2 Å². The van der Waals surface area contributed by atoms with E-state index in [1.165, 1.54) is 0 Å². The molecule has 2 N–H and O–H groups in total. The van der Waals surface area contributed by atoms with Crippen molar-refractivity contribution in [3.05, 3.63) is 47.8 Å². The van der Waals surface area contributed by atoms with Gasteiger partial charge in [0.1, 0.15) is 0 Å². The topological polar surface area (TPSA) is 76.0 Å². The van der Waals surface area contributed by atoms with Crippen molar-refractivity contribution in [3.8, 4) is 0 Å². The highest BCUT2D eigenvalue weighted by Crippen LogP contribution is 2.15. The van der Waals surface area contributed by atoms with Crippen molar-refractivity contribution in [2.45, 2.75) is 17.9 Å². The number of nitrogens with zero attached hydrogens (tertiary/aromatic N) is 2. The molecule has 0 unspecified atom stereocenters. The first-order chi connectivity index (χ1) is 10.0. The van der Waals surface area contributed by atoms with Crippen LogP contribution in [0.25, 0.3) is 0 Å². The van der Waals surface area contributed by atoms with Crippen LogP contribution in [0.5, 0.6) is 0 Å². The summed E-state index contributed by atoms with van der Waals surface area (Å²) in [7, 11) is 0.124. The lowest BCUT2D eigenvalue weighted by Gasteiger charge is -2.10. The summed E-state index contributed by atoms with van der Waals surface area (Å²) in [5.74, 6) is 0. The number of sulfonamides is 1. The molecule has 2 aromatic rings. The van der Waals surface area contributed by atoms with Crippen molar-refractivity contribution >= 4 is 10.0 Å². The first kappa shape index (κ1) is 15.7. The van der Waals surface area contributed by atoms with Crippen LogP contribution in [0.4, 0.5) is 0 Å². The minimum Gasteiger partial charge on any atom is -0.316 e. The maximum Gasteiger partial charge on any atom is 0.240 e. The third kappa shape index (κ3) is 4.13. The lowest BCUT2D eigenvalue weighted by Crippen LogP contribution is -2.27. The number of aromatic nitrogens is 2. The average molecular weight is 308 g/mol. The second kappa shape index (κ2) is 6.84. The van der Waals surface area contributed by atoms with Gasteiger partial charge in [0.2, 0.25) is 10.0 Å². The number of rotatable bonds is 7. The van der Waals surface area contributed by atoms with Crippen molar-refractivity contribution in [3.63, 3.8) is 0 Å². The van der Waals surface area contributed by atoms with Crippen LogP contribution in [0.3, 0.4) is 0 Å². The van der Waals surface area contributed by atoms with Gasteiger partial charge < -0.3 is 5.32 Å². The van der Waals surface area contributed by atoms with Crippen LogP contribution in [0.15, 0.2) is 41.4 Å². The first-order valence-electron chi connectivity index (χ1n) is 6.73. The molecular formula is C14H20N4O2S. The van der Waals surface area contributed by atoms with E-state index < -0.39 is 10.0 Å². The number of benzene rings is 1. The Bertz CT molecular complexity index is 695. The molecule has 0 radical (unpaired) electrons. The fourth-order valence-electron chi connectivity index (χ4n) is 2.09. The van der Waals surface area contributed by atoms with Crippen LogP contribution < -0.4 is 10.0 Å². The van der Waals surface area contributed by atoms with E-state index in [0.717, 1.165) is 11.3 Å². The van der Waals surface area contributed by atoms with Crippen LogP contribution in [-0.2, 0) is 30.0 Å². The molecule has 114 valence electrons. The standard InChI is InChI=1S/C14H20N4O2S/c1-15-11-12-5-3-4-6-14(12)21(19,20)16-9-7-13-8-10-18(2)17-13/h3-6,8,10,15-16H,7,9,11H2,1-2H3. The van der Waals surface area contributed by atoms with Crippen molar-refractivity contribution < 1.29 is 8.42 Å². The van der Waals surface area contributed by atoms with Gasteiger partial charge in [-0.15, -0.1) is 0 Å². The van der Waals surface area contributed by atoms with Gasteiger partial charge in [-0.05, 0) is 24.7 Å². The molecule has 0 saturated heterocycles. The second-order valence-corrected chi connectivity index (χ2v) is 6.50. The van der Waals surface area contributed by atoms with E-state index in [-0.39, 0.29) is 0 Å². The van der Waals surface area contributed by atoms with Crippen molar-refractivity contribution in [1.82, 2.24) is 19.8 Å². The Labute approximate surface area is 125 Å². The molecule has 0 saturated carbocycles. The Balaban J connectivity index is 2.04. The molecule has 1 aromatic heterocycles. The largest absolute Gasteiger partial charge is 0.316 e. The Morgan fingerprint density at radius 2 is 2.00 bits per heavy atom. The van der Waals surface area contributed by atoms with E-state index in [9.17, 15) is 8.42 Å². The smallest absolute Gasteiger partial charge is 0.240 e. The van der Waals surface area contributed by atoms with Crippen LogP contribution in [-0.4, -0.2) is 31.8 Å². The normalized spacial score (nSPS) is 11.7. The third-order valence-electron chi connectivity index (χ3n) is 3.07. The molecule has 1 heterocycles. The summed E-state index contributed by atoms with van der Waals surface area (Å²) in [5, 5.41) is 7.20. The Kier molecular flexibility index (Phi) is 5.11. The number of aryl methyl sites for hydroxylation is 1. The van der Waals surface area contributed by atoms with Crippen molar-refractivity contribution in [1.29, 1.82) is 0 Å². The highest BCUT2D eigenvalue weighted by atomic mass is 32.2. The van der Waals surface area contributed by atoms with E-state index in [0.29, 0.717) is 24.4 Å². The zero-order valence-corrected chi connectivity index (χ0v) is 13.0. The van der Waals surface area contributed by atoms with Gasteiger partial charge in [-0.3, -0.25) is 4.68 Å². The molecule has 7 heteroatoms. The molecule has 0 atom stereocenters. The number of hydrogen-bond acceptors (Lipinski definition) is 4. The van der Waals surface area contributed by atoms with Crippen LogP contribution >= 0.6 is 0 Å². The highest BCUT2D eigenvalue weighted by Gasteiger charge is 2.17. The predicted octanol–water partition coefficient (Wildman–Crippen LogP) is 0.660. The van der Waals surface area contributed by atoms with E-state index in [2.05, 4.69) is 15.1 Å².